The molecule has 1 aliphatic carbocycles. The molecule has 1 aromatic carbocycles. The Bertz CT molecular complexity index is 681. The quantitative estimate of drug-likeness (QED) is 0.913. The van der Waals surface area contributed by atoms with E-state index >= 15 is 0 Å². The number of nitrogens with zero attached hydrogens (tertiary/aromatic N) is 1. The van der Waals surface area contributed by atoms with Crippen molar-refractivity contribution in [1.82, 2.24) is 4.90 Å². The molecule has 8 heteroatoms. The van der Waals surface area contributed by atoms with Gasteiger partial charge in [0.1, 0.15) is 11.6 Å². The molecule has 1 saturated heterocycles. The lowest BCUT2D eigenvalue weighted by Gasteiger charge is -2.23. The second kappa shape index (κ2) is 5.99. The number of likely N-dealkylation sites (tertiary alicyclic amines) is 1. The molecule has 2 atom stereocenters. The van der Waals surface area contributed by atoms with Crippen molar-refractivity contribution < 1.29 is 32.6 Å². The number of fused-ring (bicyclic) bond motifs is 1. The number of carboxylic acid groups (broad SMARTS) is 1. The fourth-order valence-electron chi connectivity index (χ4n) is 3.83. The normalized spacial score (nSPS) is 25.8. The predicted molar refractivity (Wildman–Crippen MR) is 76.3 cm³/mol. The van der Waals surface area contributed by atoms with Gasteiger partial charge in [0.25, 0.3) is 5.91 Å². The lowest BCUT2D eigenvalue weighted by atomic mass is 9.81. The van der Waals surface area contributed by atoms with Crippen LogP contribution in [0.5, 0.6) is 5.75 Å². The third-order valence-corrected chi connectivity index (χ3v) is 4.97. The summed E-state index contributed by atoms with van der Waals surface area (Å²) in [4.78, 5) is 25.6. The Morgan fingerprint density at radius 2 is 2.12 bits per heavy atom. The number of halogens is 3. The summed E-state index contributed by atoms with van der Waals surface area (Å²) in [5, 5.41) is 9.54. The molecule has 0 unspecified atom stereocenters. The highest BCUT2D eigenvalue weighted by Crippen LogP contribution is 2.49. The zero-order valence-electron chi connectivity index (χ0n) is 12.7. The standard InChI is InChI=1S/C16H16F3NO4/c17-10-3-4-11(12(6-10)24-15(18)19)13(21)20-7-9-2-1-5-16(9,8-20)14(22)23/h3-4,6,9,15H,1-2,5,7-8H2,(H,22,23)/t9-,16+/m0/s1. The van der Waals surface area contributed by atoms with Gasteiger partial charge in [-0.25, -0.2) is 4.39 Å². The molecule has 0 aromatic heterocycles. The Morgan fingerprint density at radius 3 is 2.75 bits per heavy atom. The van der Waals surface area contributed by atoms with Crippen LogP contribution < -0.4 is 4.74 Å². The fourth-order valence-corrected chi connectivity index (χ4v) is 3.83. The minimum absolute atomic E-state index is 0.0251. The molecular weight excluding hydrogens is 327 g/mol. The molecular formula is C16H16F3NO4. The van der Waals surface area contributed by atoms with Crippen LogP contribution in [-0.2, 0) is 4.79 Å². The number of ether oxygens (including phenoxy) is 1. The third-order valence-electron chi connectivity index (χ3n) is 4.97. The average molecular weight is 343 g/mol. The zero-order valence-corrected chi connectivity index (χ0v) is 12.7. The Kier molecular flexibility index (Phi) is 4.15. The maximum absolute atomic E-state index is 13.3. The summed E-state index contributed by atoms with van der Waals surface area (Å²) in [5.74, 6) is -3.07. The Balaban J connectivity index is 1.87. The monoisotopic (exact) mass is 343 g/mol. The van der Waals surface area contributed by atoms with Crippen molar-refractivity contribution in [2.24, 2.45) is 11.3 Å². The van der Waals surface area contributed by atoms with Crippen molar-refractivity contribution in [1.29, 1.82) is 0 Å². The molecule has 1 amide bonds. The highest BCUT2D eigenvalue weighted by Gasteiger charge is 2.56. The Labute approximate surface area is 136 Å². The van der Waals surface area contributed by atoms with Crippen LogP contribution in [0.4, 0.5) is 13.2 Å². The van der Waals surface area contributed by atoms with Crippen molar-refractivity contribution >= 4 is 11.9 Å². The number of aliphatic carboxylic acids is 1. The van der Waals surface area contributed by atoms with Crippen molar-refractivity contribution in [3.8, 4) is 5.75 Å². The van der Waals surface area contributed by atoms with Crippen LogP contribution in [-0.4, -0.2) is 41.6 Å². The number of benzene rings is 1. The topological polar surface area (TPSA) is 66.8 Å². The van der Waals surface area contributed by atoms with Gasteiger partial charge in [0.15, 0.2) is 0 Å². The predicted octanol–water partition coefficient (Wildman–Crippen LogP) is 2.75. The van der Waals surface area contributed by atoms with Gasteiger partial charge in [-0.3, -0.25) is 9.59 Å². The summed E-state index contributed by atoms with van der Waals surface area (Å²) in [6, 6.07) is 2.79. The highest BCUT2D eigenvalue weighted by molar-refractivity contribution is 5.97. The molecule has 0 spiro atoms. The van der Waals surface area contributed by atoms with Gasteiger partial charge in [-0.2, -0.15) is 8.78 Å². The van der Waals surface area contributed by atoms with Crippen LogP contribution in [0.15, 0.2) is 18.2 Å². The van der Waals surface area contributed by atoms with Crippen LogP contribution in [0.3, 0.4) is 0 Å². The minimum atomic E-state index is -3.19. The zero-order chi connectivity index (χ0) is 17.5. The first-order valence-electron chi connectivity index (χ1n) is 7.60. The fraction of sp³-hybridized carbons (Fsp3) is 0.500. The molecule has 0 bridgehead atoms. The van der Waals surface area contributed by atoms with E-state index in [-0.39, 0.29) is 24.6 Å². The molecule has 24 heavy (non-hydrogen) atoms. The van der Waals surface area contributed by atoms with E-state index in [9.17, 15) is 27.9 Å². The first kappa shape index (κ1) is 16.6. The number of alkyl halides is 2. The number of carbonyl (C=O) groups excluding carboxylic acids is 1. The maximum atomic E-state index is 13.3. The lowest BCUT2D eigenvalue weighted by molar-refractivity contribution is -0.149. The van der Waals surface area contributed by atoms with Crippen LogP contribution in [0.25, 0.3) is 0 Å². The number of hydrogen-bond acceptors (Lipinski definition) is 3. The minimum Gasteiger partial charge on any atom is -0.481 e. The SMILES string of the molecule is O=C(c1ccc(F)cc1OC(F)F)N1C[C@@H]2CCC[C@@]2(C(=O)O)C1. The van der Waals surface area contributed by atoms with Crippen LogP contribution in [0.1, 0.15) is 29.6 Å². The van der Waals surface area contributed by atoms with Gasteiger partial charge in [-0.1, -0.05) is 6.42 Å². The summed E-state index contributed by atoms with van der Waals surface area (Å²) in [6.07, 6.45) is 1.98. The highest BCUT2D eigenvalue weighted by atomic mass is 19.3. The van der Waals surface area contributed by atoms with Gasteiger partial charge in [0.05, 0.1) is 11.0 Å². The molecule has 2 aliphatic rings. The number of carbonyl (C=O) groups is 2. The van der Waals surface area contributed by atoms with Crippen LogP contribution >= 0.6 is 0 Å². The molecule has 1 aliphatic heterocycles. The summed E-state index contributed by atoms with van der Waals surface area (Å²) in [6.45, 7) is -2.92. The molecule has 0 radical (unpaired) electrons. The Morgan fingerprint density at radius 1 is 1.38 bits per heavy atom. The molecule has 1 heterocycles. The number of amides is 1. The van der Waals surface area contributed by atoms with E-state index in [1.54, 1.807) is 0 Å². The van der Waals surface area contributed by atoms with Gasteiger partial charge in [0, 0.05) is 19.2 Å². The Hall–Kier alpha value is -2.25. The number of rotatable bonds is 4. The van der Waals surface area contributed by atoms with E-state index in [0.717, 1.165) is 24.6 Å². The second-order valence-electron chi connectivity index (χ2n) is 6.26. The summed E-state index contributed by atoms with van der Waals surface area (Å²) in [7, 11) is 0. The van der Waals surface area contributed by atoms with Gasteiger partial charge in [-0.15, -0.1) is 0 Å². The second-order valence-corrected chi connectivity index (χ2v) is 6.26. The number of carboxylic acids is 1. The summed E-state index contributed by atoms with van der Waals surface area (Å²) in [5.41, 5.74) is -1.17. The molecule has 5 nitrogen and oxygen atoms in total. The van der Waals surface area contributed by atoms with Gasteiger partial charge >= 0.3 is 12.6 Å². The lowest BCUT2D eigenvalue weighted by Crippen LogP contribution is -2.37. The maximum Gasteiger partial charge on any atom is 0.387 e. The molecule has 2 fully saturated rings. The van der Waals surface area contributed by atoms with Crippen molar-refractivity contribution in [3.05, 3.63) is 29.6 Å². The van der Waals surface area contributed by atoms with Gasteiger partial charge in [0.2, 0.25) is 0 Å². The average Bonchev–Trinajstić information content (AvgIpc) is 3.03. The van der Waals surface area contributed by atoms with Crippen molar-refractivity contribution in [2.75, 3.05) is 13.1 Å². The molecule has 130 valence electrons. The molecule has 1 N–H and O–H groups in total. The van der Waals surface area contributed by atoms with Crippen molar-refractivity contribution in [2.45, 2.75) is 25.9 Å². The van der Waals surface area contributed by atoms with E-state index in [0.29, 0.717) is 12.8 Å². The molecule has 1 saturated carbocycles. The third kappa shape index (κ3) is 2.70. The van der Waals surface area contributed by atoms with E-state index < -0.39 is 35.5 Å². The van der Waals surface area contributed by atoms with E-state index in [2.05, 4.69) is 4.74 Å². The largest absolute Gasteiger partial charge is 0.481 e. The first-order valence-corrected chi connectivity index (χ1v) is 7.60. The van der Waals surface area contributed by atoms with Gasteiger partial charge in [-0.05, 0) is 30.9 Å². The van der Waals surface area contributed by atoms with Crippen LogP contribution in [0, 0.1) is 17.2 Å². The molecule has 1 aromatic rings. The van der Waals surface area contributed by atoms with E-state index in [1.807, 2.05) is 0 Å². The number of hydrogen-bond donors (Lipinski definition) is 1. The van der Waals surface area contributed by atoms with Crippen molar-refractivity contribution in [3.63, 3.8) is 0 Å². The first-order chi connectivity index (χ1) is 11.3. The summed E-state index contributed by atoms with van der Waals surface area (Å²) >= 11 is 0. The van der Waals surface area contributed by atoms with E-state index in [1.165, 1.54) is 4.90 Å². The van der Waals surface area contributed by atoms with Crippen LogP contribution in [0.2, 0.25) is 0 Å². The molecule has 3 rings (SSSR count). The summed E-state index contributed by atoms with van der Waals surface area (Å²) < 4.78 is 42.5. The van der Waals surface area contributed by atoms with E-state index in [4.69, 9.17) is 0 Å². The van der Waals surface area contributed by atoms with Gasteiger partial charge < -0.3 is 14.7 Å². The smallest absolute Gasteiger partial charge is 0.387 e.